The molecule has 0 unspecified atom stereocenters. The molecule has 0 fully saturated rings. The average molecular weight is 323 g/mol. The Bertz CT molecular complexity index is 752. The number of amides is 2. The van der Waals surface area contributed by atoms with E-state index in [1.165, 1.54) is 16.8 Å². The molecule has 0 aliphatic carbocycles. The zero-order chi connectivity index (χ0) is 15.9. The molecule has 1 heterocycles. The van der Waals surface area contributed by atoms with E-state index in [9.17, 15) is 14.4 Å². The van der Waals surface area contributed by atoms with E-state index in [0.29, 0.717) is 24.7 Å². The lowest BCUT2D eigenvalue weighted by Crippen LogP contribution is -2.30. The minimum atomic E-state index is -0.463. The maximum absolute atomic E-state index is 11.6. The first-order valence-electron chi connectivity index (χ1n) is 6.58. The van der Waals surface area contributed by atoms with Crippen molar-refractivity contribution in [3.63, 3.8) is 0 Å². The van der Waals surface area contributed by atoms with Crippen LogP contribution in [0.3, 0.4) is 0 Å². The number of alkyl halides is 1. The van der Waals surface area contributed by atoms with E-state index in [-0.39, 0.29) is 6.03 Å². The monoisotopic (exact) mass is 322 g/mol. The minimum absolute atomic E-state index is 0.328. The van der Waals surface area contributed by atoms with Crippen LogP contribution in [0.5, 0.6) is 0 Å². The lowest BCUT2D eigenvalue weighted by Gasteiger charge is -2.08. The van der Waals surface area contributed by atoms with Crippen molar-refractivity contribution in [2.24, 2.45) is 0 Å². The number of hydrogen-bond donors (Lipinski definition) is 3. The molecule has 2 rings (SSSR count). The molecule has 116 valence electrons. The largest absolute Gasteiger partial charge is 0.337 e. The molecule has 7 nitrogen and oxygen atoms in total. The molecule has 2 amide bonds. The highest BCUT2D eigenvalue weighted by molar-refractivity contribution is 6.18. The quantitative estimate of drug-likeness (QED) is 0.715. The second-order valence-electron chi connectivity index (χ2n) is 4.50. The van der Waals surface area contributed by atoms with Crippen molar-refractivity contribution < 1.29 is 4.79 Å². The summed E-state index contributed by atoms with van der Waals surface area (Å²) in [7, 11) is 0. The third-order valence-electron chi connectivity index (χ3n) is 2.84. The van der Waals surface area contributed by atoms with Crippen molar-refractivity contribution in [3.05, 3.63) is 62.9 Å². The first kappa shape index (κ1) is 15.8. The van der Waals surface area contributed by atoms with Gasteiger partial charge in [-0.25, -0.2) is 9.59 Å². The van der Waals surface area contributed by atoms with Crippen LogP contribution in [0.4, 0.5) is 10.5 Å². The number of anilines is 1. The zero-order valence-electron chi connectivity index (χ0n) is 11.6. The fraction of sp³-hybridized carbons (Fsp3) is 0.214. The molecule has 22 heavy (non-hydrogen) atoms. The molecular weight excluding hydrogens is 308 g/mol. The van der Waals surface area contributed by atoms with E-state index in [1.807, 2.05) is 0 Å². The van der Waals surface area contributed by atoms with Gasteiger partial charge in [-0.2, -0.15) is 0 Å². The molecule has 0 bridgehead atoms. The number of urea groups is 1. The van der Waals surface area contributed by atoms with Gasteiger partial charge in [0.1, 0.15) is 0 Å². The number of aromatic amines is 1. The van der Waals surface area contributed by atoms with Gasteiger partial charge in [0.2, 0.25) is 0 Å². The Balaban J connectivity index is 2.01. The van der Waals surface area contributed by atoms with Gasteiger partial charge in [0.15, 0.2) is 0 Å². The second-order valence-corrected chi connectivity index (χ2v) is 4.88. The maximum Gasteiger partial charge on any atom is 0.328 e. The van der Waals surface area contributed by atoms with Crippen molar-refractivity contribution in [3.8, 4) is 0 Å². The fourth-order valence-electron chi connectivity index (χ4n) is 1.79. The van der Waals surface area contributed by atoms with Crippen LogP contribution >= 0.6 is 11.6 Å². The number of hydrogen-bond acceptors (Lipinski definition) is 3. The van der Waals surface area contributed by atoms with Crippen LogP contribution < -0.4 is 21.9 Å². The minimum Gasteiger partial charge on any atom is -0.337 e. The summed E-state index contributed by atoms with van der Waals surface area (Å²) in [6.45, 7) is 0.717. The van der Waals surface area contributed by atoms with Crippen LogP contribution in [0.25, 0.3) is 0 Å². The molecule has 0 radical (unpaired) electrons. The number of aromatic nitrogens is 2. The lowest BCUT2D eigenvalue weighted by molar-refractivity contribution is 0.252. The number of rotatable bonds is 5. The molecule has 0 spiro atoms. The Hall–Kier alpha value is -2.54. The summed E-state index contributed by atoms with van der Waals surface area (Å²) in [6.07, 6.45) is 1.44. The smallest absolute Gasteiger partial charge is 0.328 e. The number of carbonyl (C=O) groups is 1. The summed E-state index contributed by atoms with van der Waals surface area (Å²) in [4.78, 5) is 36.2. The van der Waals surface area contributed by atoms with E-state index in [1.54, 1.807) is 24.3 Å². The predicted octanol–water partition coefficient (Wildman–Crippen LogP) is 0.945. The third kappa shape index (κ3) is 4.49. The van der Waals surface area contributed by atoms with Crippen LogP contribution in [0.15, 0.2) is 46.1 Å². The molecule has 0 saturated heterocycles. The molecule has 3 N–H and O–H groups in total. The highest BCUT2D eigenvalue weighted by atomic mass is 35.5. The maximum atomic E-state index is 11.6. The van der Waals surface area contributed by atoms with Crippen molar-refractivity contribution in [2.45, 2.75) is 6.54 Å². The van der Waals surface area contributed by atoms with Crippen LogP contribution in [0.1, 0.15) is 5.56 Å². The number of H-pyrrole nitrogens is 1. The van der Waals surface area contributed by atoms with Crippen LogP contribution in [0, 0.1) is 0 Å². The highest BCUT2D eigenvalue weighted by Gasteiger charge is 2.02. The van der Waals surface area contributed by atoms with Crippen molar-refractivity contribution in [2.75, 3.05) is 17.7 Å². The molecule has 0 aliphatic heterocycles. The molecule has 0 atom stereocenters. The van der Waals surface area contributed by atoms with Gasteiger partial charge >= 0.3 is 11.7 Å². The normalized spacial score (nSPS) is 10.2. The first-order valence-corrected chi connectivity index (χ1v) is 7.11. The molecule has 0 aliphatic rings. The molecule has 8 heteroatoms. The topological polar surface area (TPSA) is 96.0 Å². The zero-order valence-corrected chi connectivity index (χ0v) is 12.4. The molecule has 1 aromatic carbocycles. The van der Waals surface area contributed by atoms with Crippen molar-refractivity contribution >= 4 is 23.3 Å². The first-order chi connectivity index (χ1) is 10.6. The SMILES string of the molecule is O=C(NCCCl)Nc1ccc(Cn2ccc(=O)[nH]c2=O)cc1. The van der Waals surface area contributed by atoms with Gasteiger partial charge in [0.05, 0.1) is 6.54 Å². The summed E-state index contributed by atoms with van der Waals surface area (Å²) in [5, 5.41) is 5.25. The summed E-state index contributed by atoms with van der Waals surface area (Å²) in [6, 6.07) is 7.99. The molecule has 2 aromatic rings. The molecule has 0 saturated carbocycles. The summed E-state index contributed by atoms with van der Waals surface area (Å²) >= 11 is 5.48. The summed E-state index contributed by atoms with van der Waals surface area (Å²) in [5.41, 5.74) is 0.601. The van der Waals surface area contributed by atoms with Gasteiger partial charge in [0.25, 0.3) is 5.56 Å². The Morgan fingerprint density at radius 2 is 1.91 bits per heavy atom. The average Bonchev–Trinajstić information content (AvgIpc) is 2.50. The molecular formula is C14H15ClN4O3. The van der Waals surface area contributed by atoms with Crippen molar-refractivity contribution in [1.29, 1.82) is 0 Å². The third-order valence-corrected chi connectivity index (χ3v) is 3.03. The summed E-state index contributed by atoms with van der Waals surface area (Å²) in [5.74, 6) is 0.347. The van der Waals surface area contributed by atoms with E-state index in [2.05, 4.69) is 15.6 Å². The van der Waals surface area contributed by atoms with E-state index in [0.717, 1.165) is 5.56 Å². The number of nitrogens with zero attached hydrogens (tertiary/aromatic N) is 1. The van der Waals surface area contributed by atoms with E-state index >= 15 is 0 Å². The Labute approximate surface area is 130 Å². The summed E-state index contributed by atoms with van der Waals surface area (Å²) < 4.78 is 1.39. The Kier molecular flexibility index (Phi) is 5.37. The van der Waals surface area contributed by atoms with Gasteiger partial charge in [-0.1, -0.05) is 12.1 Å². The van der Waals surface area contributed by atoms with Gasteiger partial charge in [-0.3, -0.25) is 14.3 Å². The van der Waals surface area contributed by atoms with Gasteiger partial charge in [-0.15, -0.1) is 11.6 Å². The second kappa shape index (κ2) is 7.46. The van der Waals surface area contributed by atoms with E-state index < -0.39 is 11.2 Å². The number of carbonyl (C=O) groups excluding carboxylic acids is 1. The van der Waals surface area contributed by atoms with Crippen LogP contribution in [0.2, 0.25) is 0 Å². The highest BCUT2D eigenvalue weighted by Crippen LogP contribution is 2.10. The van der Waals surface area contributed by atoms with Gasteiger partial charge in [-0.05, 0) is 17.7 Å². The van der Waals surface area contributed by atoms with Crippen molar-refractivity contribution in [1.82, 2.24) is 14.9 Å². The van der Waals surface area contributed by atoms with Crippen LogP contribution in [-0.4, -0.2) is 28.0 Å². The number of halogens is 1. The predicted molar refractivity (Wildman–Crippen MR) is 84.6 cm³/mol. The Morgan fingerprint density at radius 1 is 1.18 bits per heavy atom. The van der Waals surface area contributed by atoms with E-state index in [4.69, 9.17) is 11.6 Å². The number of nitrogens with one attached hydrogen (secondary N) is 3. The fourth-order valence-corrected chi connectivity index (χ4v) is 1.89. The van der Waals surface area contributed by atoms with Gasteiger partial charge in [0, 0.05) is 30.4 Å². The van der Waals surface area contributed by atoms with Crippen LogP contribution in [-0.2, 0) is 6.54 Å². The Morgan fingerprint density at radius 3 is 2.55 bits per heavy atom. The standard InChI is InChI=1S/C14H15ClN4O3/c15-6-7-16-13(21)17-11-3-1-10(2-4-11)9-19-8-5-12(20)18-14(19)22/h1-5,8H,6-7,9H2,(H2,16,17,21)(H,18,20,22). The lowest BCUT2D eigenvalue weighted by atomic mass is 10.2. The number of benzene rings is 1. The molecule has 1 aromatic heterocycles. The van der Waals surface area contributed by atoms with Gasteiger partial charge < -0.3 is 10.6 Å².